The highest BCUT2D eigenvalue weighted by atomic mass is 35.5. The highest BCUT2D eigenvalue weighted by Gasteiger charge is 2.28. The van der Waals surface area contributed by atoms with Crippen molar-refractivity contribution in [1.29, 1.82) is 0 Å². The van der Waals surface area contributed by atoms with E-state index in [0.717, 1.165) is 5.88 Å². The molecule has 0 bridgehead atoms. The number of hydrogen-bond acceptors (Lipinski definition) is 4. The number of anilines is 1. The lowest BCUT2D eigenvalue weighted by molar-refractivity contribution is -0.153. The Morgan fingerprint density at radius 1 is 1.38 bits per heavy atom. The fourth-order valence-electron chi connectivity index (χ4n) is 1.59. The molecule has 1 saturated heterocycles. The second-order valence-corrected chi connectivity index (χ2v) is 5.22. The molecule has 0 aliphatic carbocycles. The van der Waals surface area contributed by atoms with Crippen LogP contribution in [0.25, 0.3) is 0 Å². The number of halogens is 4. The zero-order chi connectivity index (χ0) is 14.6. The molecule has 4 nitrogen and oxygen atoms in total. The van der Waals surface area contributed by atoms with Crippen LogP contribution < -0.4 is 15.4 Å². The van der Waals surface area contributed by atoms with Gasteiger partial charge in [0.25, 0.3) is 0 Å². The van der Waals surface area contributed by atoms with E-state index in [1.54, 1.807) is 11.8 Å². The van der Waals surface area contributed by atoms with Gasteiger partial charge in [0.05, 0.1) is 6.04 Å². The summed E-state index contributed by atoms with van der Waals surface area (Å²) >= 11 is 1.63. The van der Waals surface area contributed by atoms with Crippen molar-refractivity contribution in [2.75, 3.05) is 23.6 Å². The number of ether oxygens (including phenoxy) is 1. The van der Waals surface area contributed by atoms with E-state index in [4.69, 9.17) is 0 Å². The van der Waals surface area contributed by atoms with Crippen LogP contribution in [-0.4, -0.2) is 36.4 Å². The zero-order valence-corrected chi connectivity index (χ0v) is 12.4. The summed E-state index contributed by atoms with van der Waals surface area (Å²) in [6, 6.07) is 5.55. The first kappa shape index (κ1) is 17.9. The maximum absolute atomic E-state index is 12.0. The molecule has 0 radical (unpaired) electrons. The van der Waals surface area contributed by atoms with Crippen LogP contribution in [0, 0.1) is 0 Å². The number of carbonyl (C=O) groups is 1. The van der Waals surface area contributed by atoms with Crippen LogP contribution in [0.5, 0.6) is 5.75 Å². The lowest BCUT2D eigenvalue weighted by Crippen LogP contribution is -2.37. The van der Waals surface area contributed by atoms with Crippen LogP contribution in [0.1, 0.15) is 0 Å². The Kier molecular flexibility index (Phi) is 6.63. The predicted molar refractivity (Wildman–Crippen MR) is 78.1 cm³/mol. The summed E-state index contributed by atoms with van der Waals surface area (Å²) in [4.78, 5) is 11.8. The van der Waals surface area contributed by atoms with Gasteiger partial charge < -0.3 is 10.1 Å². The average molecular weight is 343 g/mol. The molecule has 21 heavy (non-hydrogen) atoms. The molecule has 1 heterocycles. The average Bonchev–Trinajstić information content (AvgIpc) is 2.91. The van der Waals surface area contributed by atoms with E-state index in [1.807, 2.05) is 0 Å². The maximum atomic E-state index is 12.0. The van der Waals surface area contributed by atoms with E-state index in [1.165, 1.54) is 24.3 Å². The molecular weight excluding hydrogens is 329 g/mol. The Morgan fingerprint density at radius 3 is 2.57 bits per heavy atom. The third-order valence-corrected chi connectivity index (χ3v) is 3.50. The molecule has 1 amide bonds. The quantitative estimate of drug-likeness (QED) is 0.883. The zero-order valence-electron chi connectivity index (χ0n) is 10.8. The first-order valence-corrected chi connectivity index (χ1v) is 7.01. The summed E-state index contributed by atoms with van der Waals surface area (Å²) in [6.07, 6.45) is -4.36. The normalized spacial score (nSPS) is 18.0. The van der Waals surface area contributed by atoms with E-state index >= 15 is 0 Å². The Bertz CT molecular complexity index is 465. The summed E-state index contributed by atoms with van der Waals surface area (Å²) in [7, 11) is 0. The molecule has 2 N–H and O–H groups in total. The van der Waals surface area contributed by atoms with Gasteiger partial charge in [-0.2, -0.15) is 13.2 Å². The lowest BCUT2D eigenvalue weighted by atomic mass is 10.2. The van der Waals surface area contributed by atoms with Gasteiger partial charge in [-0.3, -0.25) is 10.1 Å². The van der Waals surface area contributed by atoms with Gasteiger partial charge in [0.15, 0.2) is 6.61 Å². The van der Waals surface area contributed by atoms with Gasteiger partial charge in [-0.25, -0.2) is 0 Å². The van der Waals surface area contributed by atoms with Gasteiger partial charge in [-0.1, -0.05) is 0 Å². The standard InChI is InChI=1S/C12H13F3N2O2S.ClH/c13-12(14,15)6-19-9-3-1-8(2-4-9)17-11(18)10-5-20-7-16-10;/h1-4,10,16H,5-7H2,(H,17,18);1H. The number of amides is 1. The Morgan fingerprint density at radius 2 is 2.05 bits per heavy atom. The Labute approximate surface area is 130 Å². The van der Waals surface area contributed by atoms with Crippen LogP contribution in [0.3, 0.4) is 0 Å². The van der Waals surface area contributed by atoms with E-state index < -0.39 is 12.8 Å². The van der Waals surface area contributed by atoms with Gasteiger partial charge >= 0.3 is 6.18 Å². The van der Waals surface area contributed by atoms with E-state index in [0.29, 0.717) is 11.4 Å². The first-order valence-electron chi connectivity index (χ1n) is 5.86. The molecule has 1 fully saturated rings. The van der Waals surface area contributed by atoms with Gasteiger partial charge in [-0.05, 0) is 24.3 Å². The molecule has 118 valence electrons. The van der Waals surface area contributed by atoms with Crippen molar-refractivity contribution in [1.82, 2.24) is 5.32 Å². The van der Waals surface area contributed by atoms with Crippen LogP contribution >= 0.6 is 24.2 Å². The number of carbonyl (C=O) groups excluding carboxylic acids is 1. The summed E-state index contributed by atoms with van der Waals surface area (Å²) in [5.74, 6) is 1.40. The molecule has 1 aromatic carbocycles. The van der Waals surface area contributed by atoms with Crippen molar-refractivity contribution in [2.45, 2.75) is 12.2 Å². The van der Waals surface area contributed by atoms with E-state index in [2.05, 4.69) is 15.4 Å². The molecule has 1 aliphatic rings. The number of nitrogens with one attached hydrogen (secondary N) is 2. The number of thioether (sulfide) groups is 1. The molecule has 1 atom stereocenters. The molecule has 1 aliphatic heterocycles. The van der Waals surface area contributed by atoms with E-state index in [-0.39, 0.29) is 30.1 Å². The molecule has 2 rings (SSSR count). The first-order chi connectivity index (χ1) is 9.44. The fourth-order valence-corrected chi connectivity index (χ4v) is 2.53. The summed E-state index contributed by atoms with van der Waals surface area (Å²) < 4.78 is 40.5. The maximum Gasteiger partial charge on any atom is 0.422 e. The van der Waals surface area contributed by atoms with Crippen molar-refractivity contribution in [3.8, 4) is 5.75 Å². The van der Waals surface area contributed by atoms with Crippen molar-refractivity contribution in [2.24, 2.45) is 0 Å². The minimum Gasteiger partial charge on any atom is -0.484 e. The lowest BCUT2D eigenvalue weighted by Gasteiger charge is -2.12. The highest BCUT2D eigenvalue weighted by Crippen LogP contribution is 2.20. The van der Waals surface area contributed by atoms with Crippen molar-refractivity contribution >= 4 is 35.8 Å². The number of alkyl halides is 3. The van der Waals surface area contributed by atoms with Crippen molar-refractivity contribution in [3.05, 3.63) is 24.3 Å². The van der Waals surface area contributed by atoms with Crippen molar-refractivity contribution in [3.63, 3.8) is 0 Å². The van der Waals surface area contributed by atoms with Gasteiger partial charge in [0.1, 0.15) is 5.75 Å². The number of benzene rings is 1. The minimum atomic E-state index is -4.36. The second kappa shape index (κ2) is 7.77. The SMILES string of the molecule is Cl.O=C(Nc1ccc(OCC(F)(F)F)cc1)C1CSCN1. The second-order valence-electron chi connectivity index (χ2n) is 4.19. The summed E-state index contributed by atoms with van der Waals surface area (Å²) in [5.41, 5.74) is 0.521. The molecule has 1 aromatic rings. The minimum absolute atomic E-state index is 0. The van der Waals surface area contributed by atoms with Gasteiger partial charge in [-0.15, -0.1) is 24.2 Å². The fraction of sp³-hybridized carbons (Fsp3) is 0.417. The number of rotatable bonds is 4. The van der Waals surface area contributed by atoms with Gasteiger partial charge in [0, 0.05) is 17.3 Å². The third kappa shape index (κ3) is 6.03. The van der Waals surface area contributed by atoms with Crippen molar-refractivity contribution < 1.29 is 22.7 Å². The smallest absolute Gasteiger partial charge is 0.422 e. The summed E-state index contributed by atoms with van der Waals surface area (Å²) in [5, 5.41) is 5.72. The topological polar surface area (TPSA) is 50.4 Å². The molecular formula is C12H14ClF3N2O2S. The molecule has 0 aromatic heterocycles. The van der Waals surface area contributed by atoms with Crippen LogP contribution in [0.4, 0.5) is 18.9 Å². The van der Waals surface area contributed by atoms with Crippen LogP contribution in [0.2, 0.25) is 0 Å². The van der Waals surface area contributed by atoms with Gasteiger partial charge in [0.2, 0.25) is 5.91 Å². The third-order valence-electron chi connectivity index (χ3n) is 2.56. The van der Waals surface area contributed by atoms with Crippen LogP contribution in [-0.2, 0) is 4.79 Å². The molecule has 0 spiro atoms. The van der Waals surface area contributed by atoms with E-state index in [9.17, 15) is 18.0 Å². The monoisotopic (exact) mass is 342 g/mol. The molecule has 9 heteroatoms. The Hall–Kier alpha value is -1.12. The number of hydrogen-bond donors (Lipinski definition) is 2. The summed E-state index contributed by atoms with van der Waals surface area (Å²) in [6.45, 7) is -1.33. The molecule has 1 unspecified atom stereocenters. The largest absolute Gasteiger partial charge is 0.484 e. The molecule has 0 saturated carbocycles. The Balaban J connectivity index is 0.00000220. The van der Waals surface area contributed by atoms with Crippen LogP contribution in [0.15, 0.2) is 24.3 Å². The highest BCUT2D eigenvalue weighted by molar-refractivity contribution is 7.99. The predicted octanol–water partition coefficient (Wildman–Crippen LogP) is 2.65.